The Morgan fingerprint density at radius 3 is 1.96 bits per heavy atom. The first kappa shape index (κ1) is 18.7. The van der Waals surface area contributed by atoms with Gasteiger partial charge in [0.2, 0.25) is 11.6 Å². The second kappa shape index (κ2) is 7.06. The first-order valence-electron chi connectivity index (χ1n) is 8.15. The van der Waals surface area contributed by atoms with Gasteiger partial charge in [-0.2, -0.15) is 0 Å². The lowest BCUT2D eigenvalue weighted by Crippen LogP contribution is -2.21. The molecular formula is C21H10Cl3NO3. The Labute approximate surface area is 175 Å². The summed E-state index contributed by atoms with van der Waals surface area (Å²) in [5.74, 6) is -1.75. The van der Waals surface area contributed by atoms with E-state index in [4.69, 9.17) is 34.8 Å². The summed E-state index contributed by atoms with van der Waals surface area (Å²) in [6, 6.07) is 14.6. The lowest BCUT2D eigenvalue weighted by atomic mass is 9.84. The largest absolute Gasteiger partial charge is 0.322 e. The molecule has 0 radical (unpaired) electrons. The van der Waals surface area contributed by atoms with Crippen molar-refractivity contribution in [2.75, 3.05) is 5.32 Å². The molecule has 138 valence electrons. The van der Waals surface area contributed by atoms with Gasteiger partial charge in [-0.1, -0.05) is 65.1 Å². The molecule has 0 spiro atoms. The molecule has 1 aliphatic carbocycles. The molecule has 3 aromatic rings. The molecule has 0 saturated heterocycles. The average Bonchev–Trinajstić information content (AvgIpc) is 2.65. The van der Waals surface area contributed by atoms with Gasteiger partial charge in [-0.25, -0.2) is 0 Å². The molecule has 7 heteroatoms. The minimum absolute atomic E-state index is 0.0678. The van der Waals surface area contributed by atoms with Crippen LogP contribution in [0, 0.1) is 0 Å². The van der Waals surface area contributed by atoms with E-state index in [1.807, 2.05) is 0 Å². The second-order valence-corrected chi connectivity index (χ2v) is 7.41. The van der Waals surface area contributed by atoms with E-state index in [1.165, 1.54) is 18.2 Å². The third kappa shape index (κ3) is 3.10. The van der Waals surface area contributed by atoms with E-state index in [1.54, 1.807) is 36.4 Å². The number of Topliss-reactive ketones (excluding diaryl/α,β-unsaturated/α-hetero) is 2. The maximum Gasteiger partial charge on any atom is 0.258 e. The van der Waals surface area contributed by atoms with Crippen LogP contribution in [0.1, 0.15) is 31.1 Å². The zero-order chi connectivity index (χ0) is 20.0. The number of nitrogens with one attached hydrogen (secondary N) is 1. The Hall–Kier alpha value is -2.66. The van der Waals surface area contributed by atoms with E-state index in [0.717, 1.165) is 0 Å². The fourth-order valence-electron chi connectivity index (χ4n) is 3.16. The summed E-state index contributed by atoms with van der Waals surface area (Å²) >= 11 is 18.0. The zero-order valence-corrected chi connectivity index (χ0v) is 16.3. The monoisotopic (exact) mass is 429 g/mol. The number of hydrogen-bond acceptors (Lipinski definition) is 3. The summed E-state index contributed by atoms with van der Waals surface area (Å²) in [7, 11) is 0. The highest BCUT2D eigenvalue weighted by Crippen LogP contribution is 2.35. The van der Waals surface area contributed by atoms with Crippen LogP contribution in [0.5, 0.6) is 0 Å². The van der Waals surface area contributed by atoms with Crippen LogP contribution in [0.2, 0.25) is 15.1 Å². The number of anilines is 1. The fourth-order valence-corrected chi connectivity index (χ4v) is 4.15. The third-order valence-corrected chi connectivity index (χ3v) is 5.24. The van der Waals surface area contributed by atoms with Crippen molar-refractivity contribution in [3.05, 3.63) is 86.4 Å². The molecule has 3 aromatic carbocycles. The van der Waals surface area contributed by atoms with E-state index in [9.17, 15) is 14.4 Å². The summed E-state index contributed by atoms with van der Waals surface area (Å²) in [5, 5.41) is 3.17. The molecule has 0 bridgehead atoms. The van der Waals surface area contributed by atoms with E-state index >= 15 is 0 Å². The second-order valence-electron chi connectivity index (χ2n) is 6.16. The number of carbonyl (C=O) groups is 3. The number of halogens is 3. The number of amides is 1. The van der Waals surface area contributed by atoms with Gasteiger partial charge in [-0.3, -0.25) is 14.4 Å². The quantitative estimate of drug-likeness (QED) is 0.511. The van der Waals surface area contributed by atoms with Gasteiger partial charge < -0.3 is 5.32 Å². The minimum atomic E-state index is -0.618. The maximum absolute atomic E-state index is 12.6. The van der Waals surface area contributed by atoms with Crippen LogP contribution in [0.25, 0.3) is 11.1 Å². The Kier molecular flexibility index (Phi) is 4.71. The molecule has 0 saturated carbocycles. The summed E-state index contributed by atoms with van der Waals surface area (Å²) in [4.78, 5) is 37.5. The van der Waals surface area contributed by atoms with E-state index < -0.39 is 17.5 Å². The average molecular weight is 431 g/mol. The van der Waals surface area contributed by atoms with Gasteiger partial charge >= 0.3 is 0 Å². The lowest BCUT2D eigenvalue weighted by Gasteiger charge is -2.18. The number of benzene rings is 3. The molecular weight excluding hydrogens is 421 g/mol. The number of ketones is 2. The van der Waals surface area contributed by atoms with Gasteiger partial charge in [0.1, 0.15) is 0 Å². The summed E-state index contributed by atoms with van der Waals surface area (Å²) in [6.45, 7) is 0. The Bertz CT molecular complexity index is 1160. The first-order chi connectivity index (χ1) is 13.4. The van der Waals surface area contributed by atoms with Crippen LogP contribution in [0.3, 0.4) is 0 Å². The number of carbonyl (C=O) groups excluding carboxylic acids is 3. The molecule has 0 atom stereocenters. The predicted molar refractivity (Wildman–Crippen MR) is 110 cm³/mol. The standard InChI is InChI=1S/C21H10Cl3NO3/c22-10-7-16(23)18(17(24)8-10)21(28)25-11-5-6-13-12-3-1-2-4-14(12)19(26)20(27)15(13)9-11/h1-9H,(H,25,28). The highest BCUT2D eigenvalue weighted by Gasteiger charge is 2.30. The van der Waals surface area contributed by atoms with Crippen LogP contribution >= 0.6 is 34.8 Å². The van der Waals surface area contributed by atoms with Crippen LogP contribution in [-0.2, 0) is 0 Å². The fraction of sp³-hybridized carbons (Fsp3) is 0. The molecule has 1 aliphatic rings. The molecule has 0 heterocycles. The molecule has 4 nitrogen and oxygen atoms in total. The van der Waals surface area contributed by atoms with Crippen molar-refractivity contribution in [3.63, 3.8) is 0 Å². The first-order valence-corrected chi connectivity index (χ1v) is 9.28. The molecule has 0 unspecified atom stereocenters. The Balaban J connectivity index is 1.72. The predicted octanol–water partition coefficient (Wildman–Crippen LogP) is 5.95. The van der Waals surface area contributed by atoms with E-state index in [0.29, 0.717) is 27.4 Å². The van der Waals surface area contributed by atoms with Crippen molar-refractivity contribution in [1.82, 2.24) is 0 Å². The maximum atomic E-state index is 12.6. The molecule has 0 fully saturated rings. The number of rotatable bonds is 2. The van der Waals surface area contributed by atoms with Gasteiger partial charge in [-0.05, 0) is 35.4 Å². The van der Waals surface area contributed by atoms with Gasteiger partial charge in [0.25, 0.3) is 5.91 Å². The van der Waals surface area contributed by atoms with Gasteiger partial charge in [-0.15, -0.1) is 0 Å². The molecule has 28 heavy (non-hydrogen) atoms. The molecule has 4 rings (SSSR count). The Morgan fingerprint density at radius 1 is 0.714 bits per heavy atom. The summed E-state index contributed by atoms with van der Waals surface area (Å²) in [6.07, 6.45) is 0. The topological polar surface area (TPSA) is 63.2 Å². The minimum Gasteiger partial charge on any atom is -0.322 e. The van der Waals surface area contributed by atoms with Gasteiger partial charge in [0, 0.05) is 21.8 Å². The van der Waals surface area contributed by atoms with Crippen molar-refractivity contribution in [3.8, 4) is 11.1 Å². The number of fused-ring (bicyclic) bond motifs is 3. The van der Waals surface area contributed by atoms with Crippen LogP contribution < -0.4 is 5.32 Å². The highest BCUT2D eigenvalue weighted by atomic mass is 35.5. The zero-order valence-electron chi connectivity index (χ0n) is 14.1. The summed E-state index contributed by atoms with van der Waals surface area (Å²) < 4.78 is 0. The summed E-state index contributed by atoms with van der Waals surface area (Å²) in [5.41, 5.74) is 2.33. The normalized spacial score (nSPS) is 12.4. The van der Waals surface area contributed by atoms with Crippen molar-refractivity contribution in [1.29, 1.82) is 0 Å². The van der Waals surface area contributed by atoms with E-state index in [-0.39, 0.29) is 21.2 Å². The van der Waals surface area contributed by atoms with Crippen molar-refractivity contribution in [2.45, 2.75) is 0 Å². The SMILES string of the molecule is O=C1C(=O)c2cc(NC(=O)c3c(Cl)cc(Cl)cc3Cl)ccc2-c2ccccc21. The van der Waals surface area contributed by atoms with Crippen molar-refractivity contribution >= 4 is 58.0 Å². The van der Waals surface area contributed by atoms with Crippen LogP contribution in [-0.4, -0.2) is 17.5 Å². The van der Waals surface area contributed by atoms with Gasteiger partial charge in [0.15, 0.2) is 0 Å². The molecule has 0 aromatic heterocycles. The lowest BCUT2D eigenvalue weighted by molar-refractivity contribution is 0.0815. The van der Waals surface area contributed by atoms with Gasteiger partial charge in [0.05, 0.1) is 15.6 Å². The molecule has 0 aliphatic heterocycles. The smallest absolute Gasteiger partial charge is 0.258 e. The van der Waals surface area contributed by atoms with E-state index in [2.05, 4.69) is 5.32 Å². The third-order valence-electron chi connectivity index (χ3n) is 4.42. The van der Waals surface area contributed by atoms with Crippen LogP contribution in [0.4, 0.5) is 5.69 Å². The molecule has 1 amide bonds. The molecule has 1 N–H and O–H groups in total. The van der Waals surface area contributed by atoms with Crippen LogP contribution in [0.15, 0.2) is 54.6 Å². The Morgan fingerprint density at radius 2 is 1.29 bits per heavy atom. The number of hydrogen-bond donors (Lipinski definition) is 1. The highest BCUT2D eigenvalue weighted by molar-refractivity contribution is 6.53. The van der Waals surface area contributed by atoms with Crippen molar-refractivity contribution < 1.29 is 14.4 Å². The van der Waals surface area contributed by atoms with Crippen molar-refractivity contribution in [2.24, 2.45) is 0 Å².